The maximum absolute atomic E-state index is 13.0. The van der Waals surface area contributed by atoms with Gasteiger partial charge >= 0.3 is 0 Å². The molecule has 0 unspecified atom stereocenters. The lowest BCUT2D eigenvalue weighted by Gasteiger charge is -2.09. The maximum atomic E-state index is 13.0. The van der Waals surface area contributed by atoms with E-state index in [-0.39, 0.29) is 18.1 Å². The van der Waals surface area contributed by atoms with Gasteiger partial charge in [-0.25, -0.2) is 9.37 Å². The Labute approximate surface area is 129 Å². The molecule has 0 atom stereocenters. The minimum atomic E-state index is -0.333. The summed E-state index contributed by atoms with van der Waals surface area (Å²) in [5.41, 5.74) is 2.31. The van der Waals surface area contributed by atoms with Crippen molar-refractivity contribution in [2.45, 2.75) is 20.3 Å². The van der Waals surface area contributed by atoms with E-state index in [0.717, 1.165) is 17.2 Å². The molecule has 2 N–H and O–H groups in total. The highest BCUT2D eigenvalue weighted by atomic mass is 19.1. The first-order valence-electron chi connectivity index (χ1n) is 7.10. The van der Waals surface area contributed by atoms with E-state index in [1.807, 2.05) is 13.8 Å². The summed E-state index contributed by atoms with van der Waals surface area (Å²) >= 11 is 0. The summed E-state index contributed by atoms with van der Waals surface area (Å²) in [7, 11) is 0. The first kappa shape index (κ1) is 15.9. The van der Waals surface area contributed by atoms with Crippen molar-refractivity contribution in [3.8, 4) is 0 Å². The Morgan fingerprint density at radius 3 is 2.86 bits per heavy atom. The minimum Gasteiger partial charge on any atom is -0.367 e. The molecule has 1 amide bonds. The van der Waals surface area contributed by atoms with Gasteiger partial charge < -0.3 is 10.6 Å². The maximum Gasteiger partial charge on any atom is 0.224 e. The minimum absolute atomic E-state index is 0.139. The Morgan fingerprint density at radius 1 is 1.27 bits per heavy atom. The van der Waals surface area contributed by atoms with Gasteiger partial charge in [-0.2, -0.15) is 0 Å². The molecule has 0 aliphatic heterocycles. The summed E-state index contributed by atoms with van der Waals surface area (Å²) in [6.07, 6.45) is 1.88. The molecule has 2 aromatic rings. The molecule has 2 rings (SSSR count). The van der Waals surface area contributed by atoms with E-state index in [2.05, 4.69) is 20.6 Å². The van der Waals surface area contributed by atoms with Crippen molar-refractivity contribution < 1.29 is 9.18 Å². The molecule has 22 heavy (non-hydrogen) atoms. The second kappa shape index (κ2) is 7.49. The number of carbonyl (C=O) groups is 1. The van der Waals surface area contributed by atoms with E-state index in [0.29, 0.717) is 18.7 Å². The van der Waals surface area contributed by atoms with Gasteiger partial charge in [-0.1, -0.05) is 12.1 Å². The number of nitrogens with zero attached hydrogens (tertiary/aromatic N) is 2. The number of hydrogen-bond donors (Lipinski definition) is 2. The molecular weight excluding hydrogens is 283 g/mol. The lowest BCUT2D eigenvalue weighted by Crippen LogP contribution is -2.30. The summed E-state index contributed by atoms with van der Waals surface area (Å²) in [5.74, 6) is 0.249. The number of aryl methyl sites for hydroxylation is 2. The summed E-state index contributed by atoms with van der Waals surface area (Å²) in [5, 5.41) is 5.92. The Hall–Kier alpha value is -2.50. The third kappa shape index (κ3) is 4.80. The quantitative estimate of drug-likeness (QED) is 0.801. The van der Waals surface area contributed by atoms with Crippen LogP contribution in [0.25, 0.3) is 0 Å². The number of halogens is 1. The van der Waals surface area contributed by atoms with Crippen LogP contribution in [0.15, 0.2) is 30.5 Å². The zero-order valence-electron chi connectivity index (χ0n) is 12.7. The third-order valence-corrected chi connectivity index (χ3v) is 3.07. The van der Waals surface area contributed by atoms with Gasteiger partial charge in [0.05, 0.1) is 17.8 Å². The first-order valence-corrected chi connectivity index (χ1v) is 7.10. The second-order valence-electron chi connectivity index (χ2n) is 5.03. The van der Waals surface area contributed by atoms with E-state index in [1.165, 1.54) is 12.1 Å². The molecular formula is C16H19FN4O. The summed E-state index contributed by atoms with van der Waals surface area (Å²) in [6, 6.07) is 6.05. The van der Waals surface area contributed by atoms with E-state index in [1.54, 1.807) is 18.3 Å². The number of nitrogens with one attached hydrogen (secondary N) is 2. The van der Waals surface area contributed by atoms with Crippen molar-refractivity contribution in [2.24, 2.45) is 0 Å². The van der Waals surface area contributed by atoms with Crippen LogP contribution in [-0.2, 0) is 11.2 Å². The highest BCUT2D eigenvalue weighted by molar-refractivity contribution is 5.78. The van der Waals surface area contributed by atoms with Crippen molar-refractivity contribution in [1.82, 2.24) is 15.3 Å². The number of hydrogen-bond acceptors (Lipinski definition) is 4. The smallest absolute Gasteiger partial charge is 0.224 e. The SMILES string of the molecule is Cc1cnc(C)c(NCCNC(=O)Cc2cccc(F)c2)n1. The Kier molecular flexibility index (Phi) is 5.41. The summed E-state index contributed by atoms with van der Waals surface area (Å²) in [6.45, 7) is 4.76. The molecule has 1 aromatic heterocycles. The highest BCUT2D eigenvalue weighted by Crippen LogP contribution is 2.07. The molecule has 0 radical (unpaired) electrons. The third-order valence-electron chi connectivity index (χ3n) is 3.07. The molecule has 1 heterocycles. The van der Waals surface area contributed by atoms with Crippen molar-refractivity contribution in [3.63, 3.8) is 0 Å². The fraction of sp³-hybridized carbons (Fsp3) is 0.312. The zero-order valence-corrected chi connectivity index (χ0v) is 12.7. The van der Waals surface area contributed by atoms with Crippen LogP contribution in [0.2, 0.25) is 0 Å². The van der Waals surface area contributed by atoms with Gasteiger partial charge in [-0.15, -0.1) is 0 Å². The molecule has 0 saturated carbocycles. The monoisotopic (exact) mass is 302 g/mol. The number of rotatable bonds is 6. The van der Waals surface area contributed by atoms with Crippen LogP contribution in [-0.4, -0.2) is 29.0 Å². The Morgan fingerprint density at radius 2 is 2.09 bits per heavy atom. The van der Waals surface area contributed by atoms with Crippen molar-refractivity contribution in [1.29, 1.82) is 0 Å². The number of carbonyl (C=O) groups excluding carboxylic acids is 1. The molecule has 1 aromatic carbocycles. The van der Waals surface area contributed by atoms with Gasteiger partial charge in [0, 0.05) is 19.3 Å². The van der Waals surface area contributed by atoms with Gasteiger partial charge in [0.25, 0.3) is 0 Å². The molecule has 0 saturated heterocycles. The molecule has 0 bridgehead atoms. The van der Waals surface area contributed by atoms with Gasteiger partial charge in [-0.3, -0.25) is 9.78 Å². The normalized spacial score (nSPS) is 10.3. The molecule has 116 valence electrons. The molecule has 6 heteroatoms. The standard InChI is InChI=1S/C16H19FN4O/c1-11-10-20-12(2)16(21-11)19-7-6-18-15(22)9-13-4-3-5-14(17)8-13/h3-5,8,10H,6-7,9H2,1-2H3,(H,18,22)(H,19,21). The Bertz CT molecular complexity index is 660. The number of amides is 1. The molecule has 5 nitrogen and oxygen atoms in total. The topological polar surface area (TPSA) is 66.9 Å². The van der Waals surface area contributed by atoms with Gasteiger partial charge in [0.1, 0.15) is 11.6 Å². The largest absolute Gasteiger partial charge is 0.367 e. The Balaban J connectivity index is 1.74. The predicted octanol–water partition coefficient (Wildman–Crippen LogP) is 2.00. The lowest BCUT2D eigenvalue weighted by molar-refractivity contribution is -0.120. The average molecular weight is 302 g/mol. The van der Waals surface area contributed by atoms with Gasteiger partial charge in [-0.05, 0) is 31.5 Å². The number of benzene rings is 1. The zero-order chi connectivity index (χ0) is 15.9. The van der Waals surface area contributed by atoms with E-state index < -0.39 is 0 Å². The number of aromatic nitrogens is 2. The fourth-order valence-corrected chi connectivity index (χ4v) is 1.98. The van der Waals surface area contributed by atoms with Crippen LogP contribution in [0.5, 0.6) is 0 Å². The molecule has 0 spiro atoms. The fourth-order valence-electron chi connectivity index (χ4n) is 1.98. The van der Waals surface area contributed by atoms with E-state index >= 15 is 0 Å². The van der Waals surface area contributed by atoms with Crippen molar-refractivity contribution in [3.05, 3.63) is 53.2 Å². The van der Waals surface area contributed by atoms with Gasteiger partial charge in [0.15, 0.2) is 0 Å². The lowest BCUT2D eigenvalue weighted by atomic mass is 10.1. The van der Waals surface area contributed by atoms with Crippen molar-refractivity contribution >= 4 is 11.7 Å². The summed E-state index contributed by atoms with van der Waals surface area (Å²) < 4.78 is 13.0. The van der Waals surface area contributed by atoms with E-state index in [9.17, 15) is 9.18 Å². The van der Waals surface area contributed by atoms with Crippen LogP contribution in [0, 0.1) is 19.7 Å². The number of anilines is 1. The van der Waals surface area contributed by atoms with E-state index in [4.69, 9.17) is 0 Å². The molecule has 0 aliphatic carbocycles. The van der Waals surface area contributed by atoms with Crippen molar-refractivity contribution in [2.75, 3.05) is 18.4 Å². The highest BCUT2D eigenvalue weighted by Gasteiger charge is 2.04. The summed E-state index contributed by atoms with van der Waals surface area (Å²) in [4.78, 5) is 20.3. The second-order valence-corrected chi connectivity index (χ2v) is 5.03. The first-order chi connectivity index (χ1) is 10.5. The average Bonchev–Trinajstić information content (AvgIpc) is 2.47. The van der Waals surface area contributed by atoms with Crippen LogP contribution in [0.3, 0.4) is 0 Å². The van der Waals surface area contributed by atoms with Crippen LogP contribution >= 0.6 is 0 Å². The van der Waals surface area contributed by atoms with Crippen LogP contribution < -0.4 is 10.6 Å². The predicted molar refractivity (Wildman–Crippen MR) is 83.1 cm³/mol. The van der Waals surface area contributed by atoms with Gasteiger partial charge in [0.2, 0.25) is 5.91 Å². The molecule has 0 fully saturated rings. The van der Waals surface area contributed by atoms with Crippen LogP contribution in [0.1, 0.15) is 17.0 Å². The van der Waals surface area contributed by atoms with Crippen LogP contribution in [0.4, 0.5) is 10.2 Å². The molecule has 0 aliphatic rings.